The van der Waals surface area contributed by atoms with Gasteiger partial charge in [-0.25, -0.2) is 0 Å². The molecule has 0 amide bonds. The zero-order valence-electron chi connectivity index (χ0n) is 10.3. The first-order chi connectivity index (χ1) is 8.68. The van der Waals surface area contributed by atoms with E-state index >= 15 is 0 Å². The monoisotopic (exact) mass is 262 g/mol. The van der Waals surface area contributed by atoms with Crippen molar-refractivity contribution in [3.63, 3.8) is 0 Å². The largest absolute Gasteiger partial charge is 0.305 e. The topological polar surface area (TPSA) is 60.7 Å². The summed E-state index contributed by atoms with van der Waals surface area (Å²) >= 11 is 1.54. The van der Waals surface area contributed by atoms with Crippen molar-refractivity contribution in [1.29, 1.82) is 0 Å². The summed E-state index contributed by atoms with van der Waals surface area (Å²) in [5.41, 5.74) is 0.936. The van der Waals surface area contributed by atoms with Gasteiger partial charge < -0.3 is 4.57 Å². The quantitative estimate of drug-likeness (QED) is 0.771. The number of pyridine rings is 1. The summed E-state index contributed by atoms with van der Waals surface area (Å²) in [6, 6.07) is 3.81. The van der Waals surface area contributed by atoms with E-state index in [1.165, 1.54) is 11.8 Å². The molecule has 0 spiro atoms. The van der Waals surface area contributed by atoms with Crippen LogP contribution in [0.4, 0.5) is 0 Å². The van der Waals surface area contributed by atoms with Crippen LogP contribution in [-0.2, 0) is 11.8 Å². The standard InChI is InChI=1S/C12H14N4OS/c1-9(17)5-7-18-12-15-14-11(16(12)2)10-4-3-6-13-8-10/h3-4,6,8H,5,7H2,1-2H3. The van der Waals surface area contributed by atoms with Crippen LogP contribution >= 0.6 is 11.8 Å². The SMILES string of the molecule is CC(=O)CCSc1nnc(-c2cccnc2)n1C. The maximum atomic E-state index is 10.9. The molecule has 2 rings (SSSR count). The summed E-state index contributed by atoms with van der Waals surface area (Å²) in [5.74, 6) is 1.71. The van der Waals surface area contributed by atoms with Crippen LogP contribution in [0, 0.1) is 0 Å². The van der Waals surface area contributed by atoms with Gasteiger partial charge in [0.2, 0.25) is 0 Å². The Morgan fingerprint density at radius 2 is 2.28 bits per heavy atom. The number of nitrogens with zero attached hydrogens (tertiary/aromatic N) is 4. The highest BCUT2D eigenvalue weighted by Crippen LogP contribution is 2.22. The molecule has 0 aliphatic carbocycles. The Labute approximate surface area is 110 Å². The number of aromatic nitrogens is 4. The molecule has 5 nitrogen and oxygen atoms in total. The second kappa shape index (κ2) is 5.77. The first-order valence-corrected chi connectivity index (χ1v) is 6.59. The summed E-state index contributed by atoms with van der Waals surface area (Å²) < 4.78 is 1.92. The summed E-state index contributed by atoms with van der Waals surface area (Å²) in [4.78, 5) is 14.9. The number of rotatable bonds is 5. The minimum absolute atomic E-state index is 0.192. The van der Waals surface area contributed by atoms with E-state index in [-0.39, 0.29) is 5.78 Å². The third-order valence-corrected chi connectivity index (χ3v) is 3.46. The average Bonchev–Trinajstić information content (AvgIpc) is 2.72. The molecule has 2 heterocycles. The predicted molar refractivity (Wildman–Crippen MR) is 70.3 cm³/mol. The summed E-state index contributed by atoms with van der Waals surface area (Å²) in [6.45, 7) is 1.60. The molecule has 94 valence electrons. The van der Waals surface area contributed by atoms with Gasteiger partial charge in [-0.3, -0.25) is 9.78 Å². The lowest BCUT2D eigenvalue weighted by atomic mass is 10.3. The average molecular weight is 262 g/mol. The molecule has 2 aromatic heterocycles. The van der Waals surface area contributed by atoms with Gasteiger partial charge in [-0.15, -0.1) is 10.2 Å². The molecule has 18 heavy (non-hydrogen) atoms. The van der Waals surface area contributed by atoms with Crippen LogP contribution in [0.1, 0.15) is 13.3 Å². The van der Waals surface area contributed by atoms with E-state index in [1.807, 2.05) is 23.7 Å². The van der Waals surface area contributed by atoms with E-state index in [1.54, 1.807) is 19.3 Å². The first-order valence-electron chi connectivity index (χ1n) is 5.60. The van der Waals surface area contributed by atoms with E-state index in [0.29, 0.717) is 6.42 Å². The highest BCUT2D eigenvalue weighted by atomic mass is 32.2. The van der Waals surface area contributed by atoms with Gasteiger partial charge in [-0.2, -0.15) is 0 Å². The number of carbonyl (C=O) groups is 1. The van der Waals surface area contributed by atoms with E-state index < -0.39 is 0 Å². The van der Waals surface area contributed by atoms with Crippen molar-refractivity contribution < 1.29 is 4.79 Å². The molecule has 0 unspecified atom stereocenters. The number of carbonyl (C=O) groups excluding carboxylic acids is 1. The lowest BCUT2D eigenvalue weighted by Gasteiger charge is -2.02. The molecule has 0 saturated carbocycles. The van der Waals surface area contributed by atoms with E-state index in [9.17, 15) is 4.79 Å². The molecule has 2 aromatic rings. The van der Waals surface area contributed by atoms with E-state index in [0.717, 1.165) is 22.3 Å². The van der Waals surface area contributed by atoms with Gasteiger partial charge in [0.1, 0.15) is 5.78 Å². The van der Waals surface area contributed by atoms with Crippen molar-refractivity contribution in [2.45, 2.75) is 18.5 Å². The first kappa shape index (κ1) is 12.8. The van der Waals surface area contributed by atoms with Gasteiger partial charge in [-0.1, -0.05) is 11.8 Å². The Hall–Kier alpha value is -1.69. The van der Waals surface area contributed by atoms with Crippen molar-refractivity contribution in [2.75, 3.05) is 5.75 Å². The minimum Gasteiger partial charge on any atom is -0.305 e. The number of thioether (sulfide) groups is 1. The van der Waals surface area contributed by atoms with Crippen LogP contribution in [0.25, 0.3) is 11.4 Å². The van der Waals surface area contributed by atoms with Crippen molar-refractivity contribution in [1.82, 2.24) is 19.7 Å². The fraction of sp³-hybridized carbons (Fsp3) is 0.333. The Morgan fingerprint density at radius 3 is 2.94 bits per heavy atom. The third-order valence-electron chi connectivity index (χ3n) is 2.44. The molecular weight excluding hydrogens is 248 g/mol. The summed E-state index contributed by atoms with van der Waals surface area (Å²) in [6.07, 6.45) is 4.04. The van der Waals surface area contributed by atoms with Gasteiger partial charge in [0.05, 0.1) is 0 Å². The lowest BCUT2D eigenvalue weighted by molar-refractivity contribution is -0.116. The molecule has 0 atom stereocenters. The molecule has 0 saturated heterocycles. The number of Topliss-reactive ketones (excluding diaryl/α,β-unsaturated/α-hetero) is 1. The van der Waals surface area contributed by atoms with Crippen LogP contribution in [0.5, 0.6) is 0 Å². The minimum atomic E-state index is 0.192. The molecular formula is C12H14N4OS. The van der Waals surface area contributed by atoms with Gasteiger partial charge in [0, 0.05) is 37.2 Å². The fourth-order valence-corrected chi connectivity index (χ4v) is 2.42. The highest BCUT2D eigenvalue weighted by molar-refractivity contribution is 7.99. The van der Waals surface area contributed by atoms with Crippen LogP contribution in [0.3, 0.4) is 0 Å². The lowest BCUT2D eigenvalue weighted by Crippen LogP contribution is -1.97. The molecule has 0 fully saturated rings. The number of hydrogen-bond donors (Lipinski definition) is 0. The van der Waals surface area contributed by atoms with Crippen molar-refractivity contribution in [3.05, 3.63) is 24.5 Å². The fourth-order valence-electron chi connectivity index (χ4n) is 1.47. The van der Waals surface area contributed by atoms with E-state index in [2.05, 4.69) is 15.2 Å². The molecule has 0 bridgehead atoms. The Balaban J connectivity index is 2.12. The molecule has 0 N–H and O–H groups in total. The highest BCUT2D eigenvalue weighted by Gasteiger charge is 2.11. The molecule has 0 aliphatic heterocycles. The normalized spacial score (nSPS) is 10.6. The second-order valence-electron chi connectivity index (χ2n) is 3.91. The van der Waals surface area contributed by atoms with Gasteiger partial charge in [0.25, 0.3) is 0 Å². The molecule has 0 aromatic carbocycles. The summed E-state index contributed by atoms with van der Waals surface area (Å²) in [7, 11) is 1.92. The molecule has 0 radical (unpaired) electrons. The Bertz CT molecular complexity index is 538. The summed E-state index contributed by atoms with van der Waals surface area (Å²) in [5, 5.41) is 9.09. The Morgan fingerprint density at radius 1 is 1.44 bits per heavy atom. The van der Waals surface area contributed by atoms with Crippen molar-refractivity contribution in [2.24, 2.45) is 7.05 Å². The van der Waals surface area contributed by atoms with Crippen molar-refractivity contribution >= 4 is 17.5 Å². The van der Waals surface area contributed by atoms with Gasteiger partial charge >= 0.3 is 0 Å². The molecule has 6 heteroatoms. The van der Waals surface area contributed by atoms with Crippen LogP contribution in [0.2, 0.25) is 0 Å². The maximum Gasteiger partial charge on any atom is 0.191 e. The van der Waals surface area contributed by atoms with E-state index in [4.69, 9.17) is 0 Å². The second-order valence-corrected chi connectivity index (χ2v) is 4.97. The number of hydrogen-bond acceptors (Lipinski definition) is 5. The molecule has 0 aliphatic rings. The number of ketones is 1. The zero-order valence-corrected chi connectivity index (χ0v) is 11.1. The van der Waals surface area contributed by atoms with Crippen molar-refractivity contribution in [3.8, 4) is 11.4 Å². The van der Waals surface area contributed by atoms with Crippen LogP contribution < -0.4 is 0 Å². The Kier molecular flexibility index (Phi) is 4.09. The third kappa shape index (κ3) is 2.95. The zero-order chi connectivity index (χ0) is 13.0. The predicted octanol–water partition coefficient (Wildman–Crippen LogP) is 1.95. The van der Waals surface area contributed by atoms with Crippen LogP contribution in [0.15, 0.2) is 29.7 Å². The smallest absolute Gasteiger partial charge is 0.191 e. The maximum absolute atomic E-state index is 10.9. The van der Waals surface area contributed by atoms with Gasteiger partial charge in [-0.05, 0) is 19.1 Å². The van der Waals surface area contributed by atoms with Crippen LogP contribution in [-0.4, -0.2) is 31.3 Å². The van der Waals surface area contributed by atoms with Gasteiger partial charge in [0.15, 0.2) is 11.0 Å².